The van der Waals surface area contributed by atoms with Crippen LogP contribution in [-0.4, -0.2) is 22.9 Å². The molecule has 0 saturated carbocycles. The van der Waals surface area contributed by atoms with Crippen molar-refractivity contribution in [3.05, 3.63) is 36.2 Å². The Hall–Kier alpha value is -2.10. The molecule has 0 aliphatic carbocycles. The van der Waals surface area contributed by atoms with Crippen LogP contribution in [0.5, 0.6) is 5.75 Å². The van der Waals surface area contributed by atoms with E-state index in [-0.39, 0.29) is 0 Å². The van der Waals surface area contributed by atoms with Crippen molar-refractivity contribution in [1.82, 2.24) is 9.97 Å². The number of benzene rings is 1. The van der Waals surface area contributed by atoms with E-state index in [1.165, 1.54) is 6.20 Å². The number of hydrogen-bond acceptors (Lipinski definition) is 3. The van der Waals surface area contributed by atoms with Gasteiger partial charge in [-0.1, -0.05) is 12.1 Å². The van der Waals surface area contributed by atoms with E-state index in [1.807, 2.05) is 31.2 Å². The van der Waals surface area contributed by atoms with Gasteiger partial charge < -0.3 is 9.72 Å². The van der Waals surface area contributed by atoms with E-state index < -0.39 is 0 Å². The van der Waals surface area contributed by atoms with E-state index in [0.29, 0.717) is 18.1 Å². The molecule has 1 N–H and O–H groups in total. The zero-order valence-corrected chi connectivity index (χ0v) is 8.93. The smallest absolute Gasteiger partial charge is 0.167 e. The Bertz CT molecular complexity index is 491. The van der Waals surface area contributed by atoms with Crippen molar-refractivity contribution in [2.24, 2.45) is 0 Å². The molecule has 0 atom stereocenters. The average molecular weight is 216 g/mol. The molecule has 0 radical (unpaired) electrons. The Kier molecular flexibility index (Phi) is 3.00. The topological polar surface area (TPSA) is 55.0 Å². The summed E-state index contributed by atoms with van der Waals surface area (Å²) in [6.45, 7) is 2.52. The van der Waals surface area contributed by atoms with E-state index >= 15 is 0 Å². The minimum absolute atomic E-state index is 0.460. The molecule has 1 aromatic carbocycles. The van der Waals surface area contributed by atoms with Gasteiger partial charge in [-0.05, 0) is 19.1 Å². The number of ether oxygens (including phenoxy) is 1. The monoisotopic (exact) mass is 216 g/mol. The lowest BCUT2D eigenvalue weighted by atomic mass is 10.2. The third kappa shape index (κ3) is 1.95. The van der Waals surface area contributed by atoms with E-state index in [1.54, 1.807) is 0 Å². The Morgan fingerprint density at radius 3 is 2.94 bits per heavy atom. The highest BCUT2D eigenvalue weighted by atomic mass is 16.5. The zero-order valence-electron chi connectivity index (χ0n) is 8.93. The summed E-state index contributed by atoms with van der Waals surface area (Å²) in [4.78, 5) is 17.6. The van der Waals surface area contributed by atoms with Crippen molar-refractivity contribution in [1.29, 1.82) is 0 Å². The molecular weight excluding hydrogens is 204 g/mol. The lowest BCUT2D eigenvalue weighted by Gasteiger charge is -2.07. The Morgan fingerprint density at radius 2 is 2.25 bits per heavy atom. The Labute approximate surface area is 93.3 Å². The highest BCUT2D eigenvalue weighted by Crippen LogP contribution is 2.27. The van der Waals surface area contributed by atoms with Crippen LogP contribution in [0.3, 0.4) is 0 Å². The first-order valence-corrected chi connectivity index (χ1v) is 5.07. The summed E-state index contributed by atoms with van der Waals surface area (Å²) in [5.74, 6) is 1.41. The molecule has 0 saturated heterocycles. The SMILES string of the molecule is CCOc1ccccc1-c1ncc(C=O)[nH]1. The maximum Gasteiger partial charge on any atom is 0.167 e. The van der Waals surface area contributed by atoms with Gasteiger partial charge in [0, 0.05) is 0 Å². The van der Waals surface area contributed by atoms with Crippen LogP contribution in [0.2, 0.25) is 0 Å². The highest BCUT2D eigenvalue weighted by Gasteiger charge is 2.08. The second-order valence-corrected chi connectivity index (χ2v) is 3.23. The fraction of sp³-hybridized carbons (Fsp3) is 0.167. The minimum atomic E-state index is 0.460. The standard InChI is InChI=1S/C12H12N2O2/c1-2-16-11-6-4-3-5-10(11)12-13-7-9(8-15)14-12/h3-8H,2H2,1H3,(H,13,14). The normalized spacial score (nSPS) is 10.1. The predicted molar refractivity (Wildman–Crippen MR) is 60.6 cm³/mol. The number of carbonyl (C=O) groups excluding carboxylic acids is 1. The molecule has 1 heterocycles. The van der Waals surface area contributed by atoms with Gasteiger partial charge in [0.1, 0.15) is 11.6 Å². The van der Waals surface area contributed by atoms with Crippen LogP contribution in [0.15, 0.2) is 30.5 Å². The average Bonchev–Trinajstić information content (AvgIpc) is 2.79. The molecule has 0 fully saturated rings. The minimum Gasteiger partial charge on any atom is -0.493 e. The van der Waals surface area contributed by atoms with Crippen molar-refractivity contribution >= 4 is 6.29 Å². The number of nitrogens with zero attached hydrogens (tertiary/aromatic N) is 1. The number of carbonyl (C=O) groups is 1. The zero-order chi connectivity index (χ0) is 11.4. The maximum absolute atomic E-state index is 10.6. The molecule has 0 unspecified atom stereocenters. The van der Waals surface area contributed by atoms with Gasteiger partial charge in [-0.2, -0.15) is 0 Å². The van der Waals surface area contributed by atoms with Crippen LogP contribution < -0.4 is 4.74 Å². The lowest BCUT2D eigenvalue weighted by Crippen LogP contribution is -1.94. The van der Waals surface area contributed by atoms with Crippen LogP contribution in [0, 0.1) is 0 Å². The van der Waals surface area contributed by atoms with Crippen LogP contribution in [0.4, 0.5) is 0 Å². The summed E-state index contributed by atoms with van der Waals surface area (Å²) < 4.78 is 5.49. The molecule has 0 spiro atoms. The lowest BCUT2D eigenvalue weighted by molar-refractivity contribution is 0.111. The first kappa shape index (κ1) is 10.4. The molecule has 1 aromatic heterocycles. The number of aromatic amines is 1. The van der Waals surface area contributed by atoms with E-state index in [9.17, 15) is 4.79 Å². The number of H-pyrrole nitrogens is 1. The van der Waals surface area contributed by atoms with Gasteiger partial charge in [0.2, 0.25) is 0 Å². The molecule has 0 aliphatic heterocycles. The molecule has 0 amide bonds. The van der Waals surface area contributed by atoms with Crippen molar-refractivity contribution < 1.29 is 9.53 Å². The summed E-state index contributed by atoms with van der Waals surface area (Å²) in [6, 6.07) is 7.58. The largest absolute Gasteiger partial charge is 0.493 e. The fourth-order valence-electron chi connectivity index (χ4n) is 1.48. The number of hydrogen-bond donors (Lipinski definition) is 1. The second kappa shape index (κ2) is 4.61. The van der Waals surface area contributed by atoms with Gasteiger partial charge >= 0.3 is 0 Å². The van der Waals surface area contributed by atoms with Crippen molar-refractivity contribution in [2.75, 3.05) is 6.61 Å². The number of para-hydroxylation sites is 1. The number of aromatic nitrogens is 2. The van der Waals surface area contributed by atoms with E-state index in [4.69, 9.17) is 4.74 Å². The van der Waals surface area contributed by atoms with Crippen molar-refractivity contribution in [3.8, 4) is 17.1 Å². The van der Waals surface area contributed by atoms with E-state index in [0.717, 1.165) is 17.6 Å². The first-order valence-electron chi connectivity index (χ1n) is 5.07. The van der Waals surface area contributed by atoms with Crippen LogP contribution in [0.1, 0.15) is 17.4 Å². The molecule has 82 valence electrons. The van der Waals surface area contributed by atoms with Gasteiger partial charge in [0.15, 0.2) is 6.29 Å². The summed E-state index contributed by atoms with van der Waals surface area (Å²) in [7, 11) is 0. The highest BCUT2D eigenvalue weighted by molar-refractivity contribution is 5.74. The van der Waals surface area contributed by atoms with Crippen molar-refractivity contribution in [3.63, 3.8) is 0 Å². The Balaban J connectivity index is 2.42. The quantitative estimate of drug-likeness (QED) is 0.798. The summed E-state index contributed by atoms with van der Waals surface area (Å²) in [5.41, 5.74) is 1.32. The van der Waals surface area contributed by atoms with Crippen molar-refractivity contribution in [2.45, 2.75) is 6.92 Å². The molecule has 4 nitrogen and oxygen atoms in total. The maximum atomic E-state index is 10.6. The molecule has 4 heteroatoms. The molecular formula is C12H12N2O2. The third-order valence-corrected chi connectivity index (χ3v) is 2.16. The van der Waals surface area contributed by atoms with Gasteiger partial charge in [-0.15, -0.1) is 0 Å². The van der Waals surface area contributed by atoms with Gasteiger partial charge in [0.05, 0.1) is 24.1 Å². The summed E-state index contributed by atoms with van der Waals surface area (Å²) in [5, 5.41) is 0. The Morgan fingerprint density at radius 1 is 1.44 bits per heavy atom. The number of aldehydes is 1. The molecule has 16 heavy (non-hydrogen) atoms. The number of rotatable bonds is 4. The van der Waals surface area contributed by atoms with Crippen LogP contribution >= 0.6 is 0 Å². The second-order valence-electron chi connectivity index (χ2n) is 3.23. The van der Waals surface area contributed by atoms with Gasteiger partial charge in [0.25, 0.3) is 0 Å². The van der Waals surface area contributed by atoms with Gasteiger partial charge in [-0.25, -0.2) is 4.98 Å². The third-order valence-electron chi connectivity index (χ3n) is 2.16. The molecule has 2 aromatic rings. The first-order chi connectivity index (χ1) is 7.85. The number of nitrogens with one attached hydrogen (secondary N) is 1. The summed E-state index contributed by atoms with van der Waals surface area (Å²) in [6.07, 6.45) is 2.24. The van der Waals surface area contributed by atoms with Gasteiger partial charge in [-0.3, -0.25) is 4.79 Å². The van der Waals surface area contributed by atoms with E-state index in [2.05, 4.69) is 9.97 Å². The molecule has 2 rings (SSSR count). The molecule has 0 aliphatic rings. The predicted octanol–water partition coefficient (Wildman–Crippen LogP) is 2.29. The fourth-order valence-corrected chi connectivity index (χ4v) is 1.48. The van der Waals surface area contributed by atoms with Crippen LogP contribution in [-0.2, 0) is 0 Å². The summed E-state index contributed by atoms with van der Waals surface area (Å²) >= 11 is 0. The molecule has 0 bridgehead atoms. The number of imidazole rings is 1. The van der Waals surface area contributed by atoms with Crippen LogP contribution in [0.25, 0.3) is 11.4 Å².